The van der Waals surface area contributed by atoms with E-state index in [1.807, 2.05) is 6.92 Å². The molecular weight excluding hydrogens is 222 g/mol. The number of rotatable bonds is 4. The number of aliphatic hydroxyl groups is 1. The van der Waals surface area contributed by atoms with Crippen molar-refractivity contribution in [3.63, 3.8) is 0 Å². The molecule has 0 spiro atoms. The highest BCUT2D eigenvalue weighted by Crippen LogP contribution is 2.09. The van der Waals surface area contributed by atoms with Gasteiger partial charge in [-0.05, 0) is 6.42 Å². The first-order valence-electron chi connectivity index (χ1n) is 5.34. The number of aliphatic hydroxyl groups excluding tert-OH is 1. The Kier molecular flexibility index (Phi) is 3.29. The van der Waals surface area contributed by atoms with Crippen LogP contribution in [0, 0.1) is 0 Å². The number of carbonyl (C=O) groups is 1. The number of nitrogens with one attached hydrogen (secondary N) is 1. The van der Waals surface area contributed by atoms with Crippen molar-refractivity contribution in [3.8, 4) is 0 Å². The maximum absolute atomic E-state index is 11.8. The van der Waals surface area contributed by atoms with E-state index in [4.69, 9.17) is 5.11 Å². The van der Waals surface area contributed by atoms with Gasteiger partial charge in [-0.15, -0.1) is 0 Å². The summed E-state index contributed by atoms with van der Waals surface area (Å²) in [7, 11) is 0. The Bertz CT molecular complexity index is 536. The molecule has 7 nitrogen and oxygen atoms in total. The van der Waals surface area contributed by atoms with Gasteiger partial charge in [0.15, 0.2) is 0 Å². The van der Waals surface area contributed by atoms with Crippen LogP contribution >= 0.6 is 0 Å². The van der Waals surface area contributed by atoms with Crippen molar-refractivity contribution < 1.29 is 9.90 Å². The maximum atomic E-state index is 11.8. The van der Waals surface area contributed by atoms with E-state index in [9.17, 15) is 4.79 Å². The lowest BCUT2D eigenvalue weighted by Gasteiger charge is -2.08. The average Bonchev–Trinajstić information content (AvgIpc) is 2.82. The molecule has 2 aromatic rings. The van der Waals surface area contributed by atoms with Crippen LogP contribution in [0.3, 0.4) is 0 Å². The fraction of sp³-hybridized carbons (Fsp3) is 0.400. The normalized spacial score (nSPS) is 10.7. The monoisotopic (exact) mass is 235 g/mol. The number of amides is 1. The quantitative estimate of drug-likeness (QED) is 0.738. The number of hydrogen-bond acceptors (Lipinski definition) is 5. The number of aryl methyl sites for hydroxylation is 1. The van der Waals surface area contributed by atoms with Crippen LogP contribution in [-0.2, 0) is 6.42 Å². The molecule has 0 aliphatic rings. The summed E-state index contributed by atoms with van der Waals surface area (Å²) < 4.78 is 1.55. The van der Waals surface area contributed by atoms with Crippen molar-refractivity contribution in [2.24, 2.45) is 0 Å². The zero-order chi connectivity index (χ0) is 12.3. The molecule has 0 fully saturated rings. The van der Waals surface area contributed by atoms with E-state index in [2.05, 4.69) is 20.4 Å². The molecule has 1 amide bonds. The van der Waals surface area contributed by atoms with Crippen LogP contribution in [-0.4, -0.2) is 43.7 Å². The highest BCUT2D eigenvalue weighted by Gasteiger charge is 2.14. The molecule has 0 aliphatic heterocycles. The van der Waals surface area contributed by atoms with Crippen LogP contribution in [0.15, 0.2) is 12.5 Å². The molecule has 0 radical (unpaired) electrons. The molecule has 0 bridgehead atoms. The number of aromatic nitrogens is 4. The largest absolute Gasteiger partial charge is 0.395 e. The summed E-state index contributed by atoms with van der Waals surface area (Å²) in [4.78, 5) is 19.8. The van der Waals surface area contributed by atoms with Crippen LogP contribution in [0.25, 0.3) is 5.78 Å². The Balaban J connectivity index is 2.42. The SMILES string of the molecule is CCc1c(C(=O)NCCO)cnc2ncnn12. The van der Waals surface area contributed by atoms with Gasteiger partial charge in [0.05, 0.1) is 17.9 Å². The standard InChI is InChI=1S/C10H13N5O2/c1-2-8-7(9(17)11-3-4-16)5-12-10-13-6-14-15(8)10/h5-6,16H,2-4H2,1H3,(H,11,17). The fourth-order valence-electron chi connectivity index (χ4n) is 1.62. The minimum Gasteiger partial charge on any atom is -0.395 e. The van der Waals surface area contributed by atoms with Crippen molar-refractivity contribution in [2.75, 3.05) is 13.2 Å². The predicted molar refractivity (Wildman–Crippen MR) is 59.6 cm³/mol. The number of fused-ring (bicyclic) bond motifs is 1. The van der Waals surface area contributed by atoms with E-state index >= 15 is 0 Å². The molecule has 0 aliphatic carbocycles. The Morgan fingerprint density at radius 1 is 1.53 bits per heavy atom. The van der Waals surface area contributed by atoms with Gasteiger partial charge in [0.2, 0.25) is 0 Å². The Morgan fingerprint density at radius 2 is 2.35 bits per heavy atom. The highest BCUT2D eigenvalue weighted by atomic mass is 16.3. The van der Waals surface area contributed by atoms with Crippen molar-refractivity contribution >= 4 is 11.7 Å². The topological polar surface area (TPSA) is 92.4 Å². The highest BCUT2D eigenvalue weighted by molar-refractivity contribution is 5.95. The minimum absolute atomic E-state index is 0.0911. The van der Waals surface area contributed by atoms with E-state index in [0.29, 0.717) is 17.8 Å². The van der Waals surface area contributed by atoms with Gasteiger partial charge in [0.1, 0.15) is 6.33 Å². The summed E-state index contributed by atoms with van der Waals surface area (Å²) >= 11 is 0. The predicted octanol–water partition coefficient (Wildman–Crippen LogP) is -0.591. The zero-order valence-electron chi connectivity index (χ0n) is 9.42. The zero-order valence-corrected chi connectivity index (χ0v) is 9.42. The molecule has 2 aromatic heterocycles. The molecule has 0 saturated heterocycles. The third-order valence-corrected chi connectivity index (χ3v) is 2.38. The van der Waals surface area contributed by atoms with Crippen molar-refractivity contribution in [3.05, 3.63) is 23.8 Å². The van der Waals surface area contributed by atoms with Crippen LogP contribution in [0.2, 0.25) is 0 Å². The van der Waals surface area contributed by atoms with E-state index in [1.54, 1.807) is 4.52 Å². The molecular formula is C10H13N5O2. The molecule has 0 saturated carbocycles. The van der Waals surface area contributed by atoms with Gasteiger partial charge in [-0.1, -0.05) is 6.92 Å². The lowest BCUT2D eigenvalue weighted by molar-refractivity contribution is 0.0942. The first kappa shape index (κ1) is 11.5. The number of carbonyl (C=O) groups excluding carboxylic acids is 1. The maximum Gasteiger partial charge on any atom is 0.254 e. The van der Waals surface area contributed by atoms with E-state index in [0.717, 1.165) is 5.69 Å². The molecule has 17 heavy (non-hydrogen) atoms. The summed E-state index contributed by atoms with van der Waals surface area (Å²) in [5.41, 5.74) is 1.21. The van der Waals surface area contributed by atoms with E-state index < -0.39 is 0 Å². The first-order valence-corrected chi connectivity index (χ1v) is 5.34. The van der Waals surface area contributed by atoms with E-state index in [-0.39, 0.29) is 19.1 Å². The Labute approximate surface area is 97.5 Å². The lowest BCUT2D eigenvalue weighted by Crippen LogP contribution is -2.28. The van der Waals surface area contributed by atoms with Gasteiger partial charge in [0, 0.05) is 12.7 Å². The van der Waals surface area contributed by atoms with Gasteiger partial charge < -0.3 is 10.4 Å². The van der Waals surface area contributed by atoms with Gasteiger partial charge >= 0.3 is 0 Å². The number of hydrogen-bond donors (Lipinski definition) is 2. The third-order valence-electron chi connectivity index (χ3n) is 2.38. The van der Waals surface area contributed by atoms with E-state index in [1.165, 1.54) is 12.5 Å². The second-order valence-corrected chi connectivity index (χ2v) is 3.42. The molecule has 7 heteroatoms. The van der Waals surface area contributed by atoms with Crippen molar-refractivity contribution in [1.29, 1.82) is 0 Å². The lowest BCUT2D eigenvalue weighted by atomic mass is 10.2. The van der Waals surface area contributed by atoms with Gasteiger partial charge in [0.25, 0.3) is 11.7 Å². The summed E-state index contributed by atoms with van der Waals surface area (Å²) in [5.74, 6) is 0.210. The van der Waals surface area contributed by atoms with Crippen LogP contribution in [0.4, 0.5) is 0 Å². The number of nitrogens with zero attached hydrogens (tertiary/aromatic N) is 4. The summed E-state index contributed by atoms with van der Waals surface area (Å²) in [6.07, 6.45) is 3.52. The smallest absolute Gasteiger partial charge is 0.254 e. The molecule has 90 valence electrons. The molecule has 0 unspecified atom stereocenters. The fourth-order valence-corrected chi connectivity index (χ4v) is 1.62. The van der Waals surface area contributed by atoms with Gasteiger partial charge in [-0.2, -0.15) is 10.1 Å². The van der Waals surface area contributed by atoms with Crippen LogP contribution in [0.5, 0.6) is 0 Å². The Hall–Kier alpha value is -2.02. The molecule has 2 heterocycles. The second-order valence-electron chi connectivity index (χ2n) is 3.42. The van der Waals surface area contributed by atoms with Gasteiger partial charge in [-0.3, -0.25) is 4.79 Å². The molecule has 2 N–H and O–H groups in total. The van der Waals surface area contributed by atoms with Gasteiger partial charge in [-0.25, -0.2) is 9.50 Å². The first-order chi connectivity index (χ1) is 8.27. The van der Waals surface area contributed by atoms with Crippen molar-refractivity contribution in [2.45, 2.75) is 13.3 Å². The Morgan fingerprint density at radius 3 is 3.06 bits per heavy atom. The van der Waals surface area contributed by atoms with Crippen LogP contribution < -0.4 is 5.32 Å². The molecule has 2 rings (SSSR count). The van der Waals surface area contributed by atoms with Crippen LogP contribution in [0.1, 0.15) is 23.0 Å². The molecule has 0 atom stereocenters. The average molecular weight is 235 g/mol. The summed E-state index contributed by atoms with van der Waals surface area (Å²) in [5, 5.41) is 15.3. The summed E-state index contributed by atoms with van der Waals surface area (Å²) in [6, 6.07) is 0. The molecule has 0 aromatic carbocycles. The summed E-state index contributed by atoms with van der Waals surface area (Å²) in [6.45, 7) is 2.06. The minimum atomic E-state index is -0.263. The third kappa shape index (κ3) is 2.09. The second kappa shape index (κ2) is 4.88. The van der Waals surface area contributed by atoms with Crippen molar-refractivity contribution in [1.82, 2.24) is 24.9 Å².